The van der Waals surface area contributed by atoms with Crippen molar-refractivity contribution in [2.24, 2.45) is 10.9 Å². The fraction of sp³-hybridized carbons (Fsp3) is 0.571. The third kappa shape index (κ3) is 6.38. The van der Waals surface area contributed by atoms with E-state index in [9.17, 15) is 0 Å². The van der Waals surface area contributed by atoms with Crippen molar-refractivity contribution in [1.29, 1.82) is 0 Å². The molecule has 0 unspecified atom stereocenters. The molecule has 0 radical (unpaired) electrons. The average Bonchev–Trinajstić information content (AvgIpc) is 3.18. The van der Waals surface area contributed by atoms with Gasteiger partial charge in [-0.2, -0.15) is 0 Å². The Balaban J connectivity index is 0.00000261. The lowest BCUT2D eigenvalue weighted by Crippen LogP contribution is -2.52. The van der Waals surface area contributed by atoms with Gasteiger partial charge in [0.25, 0.3) is 0 Å². The van der Waals surface area contributed by atoms with Crippen LogP contribution >= 0.6 is 24.0 Å². The molecule has 0 saturated carbocycles. The molecule has 150 valence electrons. The topological polar surface area (TPSA) is 34.1 Å². The summed E-state index contributed by atoms with van der Waals surface area (Å²) in [6.45, 7) is 13.0. The average molecular weight is 483 g/mol. The van der Waals surface area contributed by atoms with Gasteiger partial charge < -0.3 is 15.1 Å². The third-order valence-electron chi connectivity index (χ3n) is 5.05. The van der Waals surface area contributed by atoms with Gasteiger partial charge in [0.15, 0.2) is 5.96 Å². The quantitative estimate of drug-likeness (QED) is 0.302. The van der Waals surface area contributed by atoms with E-state index in [-0.39, 0.29) is 24.0 Å². The van der Waals surface area contributed by atoms with Gasteiger partial charge in [-0.1, -0.05) is 38.1 Å². The number of nitrogens with one attached hydrogen (secondary N) is 1. The molecule has 0 spiro atoms. The van der Waals surface area contributed by atoms with Crippen molar-refractivity contribution in [3.63, 3.8) is 0 Å². The Bertz CT molecular complexity index is 627. The van der Waals surface area contributed by atoms with Crippen LogP contribution in [-0.4, -0.2) is 68.6 Å². The van der Waals surface area contributed by atoms with Gasteiger partial charge in [0.2, 0.25) is 0 Å². The number of hydrogen-bond acceptors (Lipinski definition) is 3. The van der Waals surface area contributed by atoms with Gasteiger partial charge in [0, 0.05) is 65.1 Å². The first-order chi connectivity index (χ1) is 12.7. The minimum atomic E-state index is 0. The minimum Gasteiger partial charge on any atom is -0.364 e. The Kier molecular flexibility index (Phi) is 8.89. The Morgan fingerprint density at radius 2 is 1.81 bits per heavy atom. The molecule has 1 saturated heterocycles. The third-order valence-corrected chi connectivity index (χ3v) is 5.05. The molecule has 1 fully saturated rings. The van der Waals surface area contributed by atoms with Gasteiger partial charge in [0.05, 0.1) is 0 Å². The molecule has 3 rings (SSSR count). The number of benzene rings is 1. The summed E-state index contributed by atoms with van der Waals surface area (Å²) in [5, 5.41) is 3.55. The lowest BCUT2D eigenvalue weighted by atomic mass is 10.2. The highest BCUT2D eigenvalue weighted by Crippen LogP contribution is 2.18. The highest BCUT2D eigenvalue weighted by atomic mass is 127. The molecule has 0 aliphatic carbocycles. The Morgan fingerprint density at radius 3 is 2.44 bits per heavy atom. The highest BCUT2D eigenvalue weighted by Gasteiger charge is 2.19. The first-order valence-corrected chi connectivity index (χ1v) is 9.82. The summed E-state index contributed by atoms with van der Waals surface area (Å²) < 4.78 is 0. The molecular formula is C21H34IN5. The normalized spacial score (nSPS) is 18.1. The summed E-state index contributed by atoms with van der Waals surface area (Å²) in [4.78, 5) is 11.8. The predicted molar refractivity (Wildman–Crippen MR) is 126 cm³/mol. The van der Waals surface area contributed by atoms with Gasteiger partial charge in [-0.15, -0.1) is 24.0 Å². The van der Waals surface area contributed by atoms with E-state index in [1.165, 1.54) is 17.8 Å². The lowest BCUT2D eigenvalue weighted by molar-refractivity contribution is 0.164. The second kappa shape index (κ2) is 10.9. The fourth-order valence-electron chi connectivity index (χ4n) is 3.72. The summed E-state index contributed by atoms with van der Waals surface area (Å²) in [6.07, 6.45) is 4.46. The van der Waals surface area contributed by atoms with E-state index in [4.69, 9.17) is 0 Å². The van der Waals surface area contributed by atoms with Crippen LogP contribution in [0.25, 0.3) is 0 Å². The number of nitrogens with zero attached hydrogens (tertiary/aromatic N) is 4. The van der Waals surface area contributed by atoms with Gasteiger partial charge in [0.1, 0.15) is 0 Å². The molecular weight excluding hydrogens is 449 g/mol. The first kappa shape index (κ1) is 22.0. The number of aliphatic imine (C=N–C) groups is 1. The molecule has 2 aliphatic heterocycles. The molecule has 1 N–H and O–H groups in total. The molecule has 0 atom stereocenters. The van der Waals surface area contributed by atoms with Crippen LogP contribution in [0.2, 0.25) is 0 Å². The zero-order chi connectivity index (χ0) is 18.4. The maximum absolute atomic E-state index is 4.51. The van der Waals surface area contributed by atoms with Gasteiger partial charge in [-0.25, -0.2) is 0 Å². The predicted octanol–water partition coefficient (Wildman–Crippen LogP) is 3.03. The molecule has 2 heterocycles. The molecule has 0 bridgehead atoms. The summed E-state index contributed by atoms with van der Waals surface area (Å²) >= 11 is 0. The van der Waals surface area contributed by atoms with E-state index in [0.717, 1.165) is 57.7 Å². The van der Waals surface area contributed by atoms with E-state index >= 15 is 0 Å². The number of rotatable bonds is 5. The molecule has 1 aromatic carbocycles. The monoisotopic (exact) mass is 483 g/mol. The van der Waals surface area contributed by atoms with E-state index in [2.05, 4.69) is 75.3 Å². The van der Waals surface area contributed by atoms with Gasteiger partial charge in [-0.3, -0.25) is 9.89 Å². The molecule has 5 nitrogen and oxygen atoms in total. The Labute approximate surface area is 181 Å². The number of guanidine groups is 1. The minimum absolute atomic E-state index is 0. The van der Waals surface area contributed by atoms with Gasteiger partial charge in [-0.05, 0) is 23.6 Å². The Hall–Kier alpha value is -1.28. The van der Waals surface area contributed by atoms with Crippen LogP contribution in [-0.2, 0) is 6.54 Å². The van der Waals surface area contributed by atoms with E-state index in [0.29, 0.717) is 0 Å². The van der Waals surface area contributed by atoms with Crippen LogP contribution in [0.4, 0.5) is 5.69 Å². The van der Waals surface area contributed by atoms with E-state index < -0.39 is 0 Å². The smallest absolute Gasteiger partial charge is 0.194 e. The van der Waals surface area contributed by atoms with Crippen molar-refractivity contribution in [3.05, 3.63) is 42.0 Å². The molecule has 2 aliphatic rings. The summed E-state index contributed by atoms with van der Waals surface area (Å²) in [5.74, 6) is 1.75. The highest BCUT2D eigenvalue weighted by molar-refractivity contribution is 14.0. The largest absolute Gasteiger partial charge is 0.364 e. The number of hydrogen-bond donors (Lipinski definition) is 1. The van der Waals surface area contributed by atoms with Crippen molar-refractivity contribution >= 4 is 35.6 Å². The molecule has 6 heteroatoms. The van der Waals surface area contributed by atoms with Crippen molar-refractivity contribution in [2.45, 2.75) is 20.4 Å². The number of anilines is 1. The van der Waals surface area contributed by atoms with Crippen molar-refractivity contribution in [1.82, 2.24) is 15.1 Å². The van der Waals surface area contributed by atoms with Crippen molar-refractivity contribution in [3.8, 4) is 0 Å². The van der Waals surface area contributed by atoms with Crippen LogP contribution in [0.5, 0.6) is 0 Å². The molecule has 0 aromatic heterocycles. The maximum Gasteiger partial charge on any atom is 0.194 e. The standard InChI is InChI=1S/C21H33N5.HI/c1-18(2)17-24-11-13-26(14-12-24)21(22-3)23-16-19-7-6-8-20(15-19)25-9-4-5-10-25;/h4-8,15,18H,9-14,16-17H2,1-3H3,(H,22,23);1H. The van der Waals surface area contributed by atoms with E-state index in [1.54, 1.807) is 0 Å². The molecule has 0 amide bonds. The fourth-order valence-corrected chi connectivity index (χ4v) is 3.72. The lowest BCUT2D eigenvalue weighted by Gasteiger charge is -2.37. The first-order valence-electron chi connectivity index (χ1n) is 9.82. The van der Waals surface area contributed by atoms with Crippen LogP contribution in [0.1, 0.15) is 19.4 Å². The molecule has 27 heavy (non-hydrogen) atoms. The van der Waals surface area contributed by atoms with Crippen molar-refractivity contribution in [2.75, 3.05) is 57.8 Å². The van der Waals surface area contributed by atoms with E-state index in [1.807, 2.05) is 7.05 Å². The van der Waals surface area contributed by atoms with Crippen LogP contribution in [0.3, 0.4) is 0 Å². The second-order valence-electron chi connectivity index (χ2n) is 7.63. The van der Waals surface area contributed by atoms with Crippen LogP contribution < -0.4 is 10.2 Å². The zero-order valence-corrected chi connectivity index (χ0v) is 19.2. The summed E-state index contributed by atoms with van der Waals surface area (Å²) in [5.41, 5.74) is 2.60. The van der Waals surface area contributed by atoms with Crippen LogP contribution in [0, 0.1) is 5.92 Å². The SMILES string of the molecule is CN=C(NCc1cccc(N2CC=CC2)c1)N1CCN(CC(C)C)CC1.I. The summed E-state index contributed by atoms with van der Waals surface area (Å²) in [7, 11) is 1.88. The van der Waals surface area contributed by atoms with Gasteiger partial charge >= 0.3 is 0 Å². The number of halogens is 1. The van der Waals surface area contributed by atoms with Crippen LogP contribution in [0.15, 0.2) is 41.4 Å². The Morgan fingerprint density at radius 1 is 1.11 bits per heavy atom. The molecule has 1 aromatic rings. The maximum atomic E-state index is 4.51. The zero-order valence-electron chi connectivity index (χ0n) is 16.9. The number of piperazine rings is 1. The summed E-state index contributed by atoms with van der Waals surface area (Å²) in [6, 6.07) is 8.82. The second-order valence-corrected chi connectivity index (χ2v) is 7.63. The van der Waals surface area contributed by atoms with Crippen molar-refractivity contribution < 1.29 is 0 Å².